The van der Waals surface area contributed by atoms with Crippen molar-refractivity contribution in [3.8, 4) is 5.75 Å². The van der Waals surface area contributed by atoms with E-state index in [9.17, 15) is 9.59 Å². The van der Waals surface area contributed by atoms with Crippen LogP contribution in [0.1, 0.15) is 41.3 Å². The van der Waals surface area contributed by atoms with Gasteiger partial charge in [-0.05, 0) is 79.4 Å². The highest BCUT2D eigenvalue weighted by atomic mass is 35.5. The van der Waals surface area contributed by atoms with Crippen molar-refractivity contribution in [2.24, 2.45) is 0 Å². The topological polar surface area (TPSA) is 67.4 Å². The minimum absolute atomic E-state index is 0.120. The predicted octanol–water partition coefficient (Wildman–Crippen LogP) is 6.26. The number of hydrogen-bond acceptors (Lipinski definition) is 3. The van der Waals surface area contributed by atoms with Gasteiger partial charge in [0.2, 0.25) is 0 Å². The van der Waals surface area contributed by atoms with Crippen molar-refractivity contribution in [2.75, 3.05) is 17.2 Å². The molecule has 0 spiro atoms. The molecule has 6 heteroatoms. The zero-order valence-electron chi connectivity index (χ0n) is 18.3. The van der Waals surface area contributed by atoms with E-state index in [0.29, 0.717) is 22.0 Å². The summed E-state index contributed by atoms with van der Waals surface area (Å²) in [5, 5.41) is 6.27. The van der Waals surface area contributed by atoms with Gasteiger partial charge in [-0.3, -0.25) is 9.59 Å². The normalized spacial score (nSPS) is 10.5. The van der Waals surface area contributed by atoms with Gasteiger partial charge in [-0.25, -0.2) is 0 Å². The van der Waals surface area contributed by atoms with Crippen LogP contribution < -0.4 is 15.4 Å². The molecule has 3 aromatic carbocycles. The summed E-state index contributed by atoms with van der Waals surface area (Å²) in [7, 11) is 0. The van der Waals surface area contributed by atoms with Crippen LogP contribution in [-0.4, -0.2) is 18.4 Å². The minimum atomic E-state index is -0.248. The fourth-order valence-electron chi connectivity index (χ4n) is 3.12. The van der Waals surface area contributed by atoms with Crippen molar-refractivity contribution in [3.05, 3.63) is 88.4 Å². The van der Waals surface area contributed by atoms with Crippen molar-refractivity contribution in [3.63, 3.8) is 0 Å². The van der Waals surface area contributed by atoms with Crippen LogP contribution in [0.5, 0.6) is 5.75 Å². The molecule has 0 unspecified atom stereocenters. The summed E-state index contributed by atoms with van der Waals surface area (Å²) < 4.78 is 5.54. The summed E-state index contributed by atoms with van der Waals surface area (Å²) in [6.07, 6.45) is 3.35. The van der Waals surface area contributed by atoms with E-state index in [2.05, 4.69) is 17.6 Å². The number of carbonyl (C=O) groups excluding carboxylic acids is 2. The summed E-state index contributed by atoms with van der Waals surface area (Å²) in [4.78, 5) is 24.7. The Labute approximate surface area is 193 Å². The molecule has 0 aliphatic rings. The van der Waals surface area contributed by atoms with E-state index < -0.39 is 0 Å². The van der Waals surface area contributed by atoms with E-state index in [-0.39, 0.29) is 18.4 Å². The Kier molecular flexibility index (Phi) is 8.28. The maximum absolute atomic E-state index is 12.5. The van der Waals surface area contributed by atoms with E-state index in [0.717, 1.165) is 30.5 Å². The van der Waals surface area contributed by atoms with Gasteiger partial charge >= 0.3 is 0 Å². The molecule has 2 N–H and O–H groups in total. The second-order valence-corrected chi connectivity index (χ2v) is 7.94. The summed E-state index contributed by atoms with van der Waals surface area (Å²) in [5.74, 6) is 0.0113. The molecule has 166 valence electrons. The average Bonchev–Trinajstić information content (AvgIpc) is 2.80. The lowest BCUT2D eigenvalue weighted by molar-refractivity contribution is -0.118. The number of hydrogen-bond donors (Lipinski definition) is 2. The monoisotopic (exact) mass is 450 g/mol. The largest absolute Gasteiger partial charge is 0.484 e. The van der Waals surface area contributed by atoms with Gasteiger partial charge in [-0.2, -0.15) is 0 Å². The molecule has 3 rings (SSSR count). The zero-order valence-corrected chi connectivity index (χ0v) is 19.0. The number of benzene rings is 3. The first-order valence-corrected chi connectivity index (χ1v) is 11.0. The molecular formula is C26H27ClN2O3. The molecule has 32 heavy (non-hydrogen) atoms. The van der Waals surface area contributed by atoms with Crippen LogP contribution >= 0.6 is 11.6 Å². The lowest BCUT2D eigenvalue weighted by atomic mass is 10.1. The highest BCUT2D eigenvalue weighted by Gasteiger charge is 2.10. The highest BCUT2D eigenvalue weighted by Crippen LogP contribution is 2.23. The van der Waals surface area contributed by atoms with E-state index >= 15 is 0 Å². The molecule has 0 saturated carbocycles. The lowest BCUT2D eigenvalue weighted by Crippen LogP contribution is -2.20. The van der Waals surface area contributed by atoms with Gasteiger partial charge in [0.05, 0.1) is 0 Å². The third kappa shape index (κ3) is 6.59. The molecule has 0 fully saturated rings. The number of rotatable bonds is 9. The standard InChI is InChI=1S/C26H27ClN2O3/c1-3-4-6-19-9-13-21(14-10-19)28-25(30)17-32-22-15-11-20(12-16-22)26(31)29-24-8-5-7-23(27)18(24)2/h5,7-16H,3-4,6,17H2,1-2H3,(H,28,30)(H,29,31). The fourth-order valence-corrected chi connectivity index (χ4v) is 3.30. The molecule has 0 saturated heterocycles. The number of halogens is 1. The zero-order chi connectivity index (χ0) is 22.9. The van der Waals surface area contributed by atoms with Gasteiger partial charge in [0.15, 0.2) is 6.61 Å². The van der Waals surface area contributed by atoms with Crippen molar-refractivity contribution in [2.45, 2.75) is 33.1 Å². The van der Waals surface area contributed by atoms with Crippen LogP contribution in [0, 0.1) is 6.92 Å². The summed E-state index contributed by atoms with van der Waals surface area (Å²) in [6.45, 7) is 3.89. The third-order valence-electron chi connectivity index (χ3n) is 5.06. The molecule has 0 radical (unpaired) electrons. The molecule has 0 heterocycles. The lowest BCUT2D eigenvalue weighted by Gasteiger charge is -2.11. The smallest absolute Gasteiger partial charge is 0.262 e. The van der Waals surface area contributed by atoms with Crippen LogP contribution in [0.3, 0.4) is 0 Å². The van der Waals surface area contributed by atoms with Gasteiger partial charge in [-0.15, -0.1) is 0 Å². The van der Waals surface area contributed by atoms with E-state index in [4.69, 9.17) is 16.3 Å². The van der Waals surface area contributed by atoms with Gasteiger partial charge in [-0.1, -0.05) is 43.1 Å². The number of nitrogens with one attached hydrogen (secondary N) is 2. The Bertz CT molecular complexity index is 1060. The Balaban J connectivity index is 1.49. The Hall–Kier alpha value is -3.31. The number of carbonyl (C=O) groups is 2. The van der Waals surface area contributed by atoms with Crippen molar-refractivity contribution >= 4 is 34.8 Å². The molecule has 3 aromatic rings. The first-order valence-electron chi connectivity index (χ1n) is 10.6. The number of anilines is 2. The van der Waals surface area contributed by atoms with Crippen molar-refractivity contribution < 1.29 is 14.3 Å². The fraction of sp³-hybridized carbons (Fsp3) is 0.231. The molecule has 5 nitrogen and oxygen atoms in total. The highest BCUT2D eigenvalue weighted by molar-refractivity contribution is 6.31. The predicted molar refractivity (Wildman–Crippen MR) is 130 cm³/mol. The number of ether oxygens (including phenoxy) is 1. The Morgan fingerprint density at radius 3 is 2.34 bits per heavy atom. The molecule has 0 aromatic heterocycles. The molecule has 0 aliphatic carbocycles. The average molecular weight is 451 g/mol. The van der Waals surface area contributed by atoms with E-state index in [1.54, 1.807) is 42.5 Å². The van der Waals surface area contributed by atoms with Gasteiger partial charge in [0.25, 0.3) is 11.8 Å². The Morgan fingerprint density at radius 2 is 1.66 bits per heavy atom. The van der Waals surface area contributed by atoms with Gasteiger partial charge in [0, 0.05) is 22.0 Å². The van der Waals surface area contributed by atoms with Gasteiger partial charge in [0.1, 0.15) is 5.75 Å². The summed E-state index contributed by atoms with van der Waals surface area (Å²) >= 11 is 6.10. The van der Waals surface area contributed by atoms with Crippen LogP contribution in [0.15, 0.2) is 66.7 Å². The quantitative estimate of drug-likeness (QED) is 0.404. The second kappa shape index (κ2) is 11.3. The van der Waals surface area contributed by atoms with Crippen LogP contribution in [-0.2, 0) is 11.2 Å². The maximum atomic E-state index is 12.5. The van der Waals surface area contributed by atoms with Crippen molar-refractivity contribution in [1.82, 2.24) is 0 Å². The molecule has 0 atom stereocenters. The minimum Gasteiger partial charge on any atom is -0.484 e. The molecular weight excluding hydrogens is 424 g/mol. The number of aryl methyl sites for hydroxylation is 1. The van der Waals surface area contributed by atoms with Crippen LogP contribution in [0.4, 0.5) is 11.4 Å². The summed E-state index contributed by atoms with van der Waals surface area (Å²) in [6, 6.07) is 19.8. The van der Waals surface area contributed by atoms with Gasteiger partial charge < -0.3 is 15.4 Å². The second-order valence-electron chi connectivity index (χ2n) is 7.53. The first kappa shape index (κ1) is 23.4. The number of unbranched alkanes of at least 4 members (excludes halogenated alkanes) is 1. The van der Waals surface area contributed by atoms with E-state index in [1.807, 2.05) is 31.2 Å². The van der Waals surface area contributed by atoms with E-state index in [1.165, 1.54) is 5.56 Å². The number of amides is 2. The summed E-state index contributed by atoms with van der Waals surface area (Å²) in [5.41, 5.74) is 3.95. The van der Waals surface area contributed by atoms with Crippen LogP contribution in [0.25, 0.3) is 0 Å². The van der Waals surface area contributed by atoms with Crippen molar-refractivity contribution in [1.29, 1.82) is 0 Å². The molecule has 0 bridgehead atoms. The maximum Gasteiger partial charge on any atom is 0.262 e. The third-order valence-corrected chi connectivity index (χ3v) is 5.47. The first-order chi connectivity index (χ1) is 15.5. The molecule has 0 aliphatic heterocycles. The van der Waals surface area contributed by atoms with Crippen LogP contribution in [0.2, 0.25) is 5.02 Å². The Morgan fingerprint density at radius 1 is 0.938 bits per heavy atom. The SMILES string of the molecule is CCCCc1ccc(NC(=O)COc2ccc(C(=O)Nc3cccc(Cl)c3C)cc2)cc1. The molecule has 2 amide bonds.